The van der Waals surface area contributed by atoms with Crippen LogP contribution in [-0.2, 0) is 4.74 Å². The van der Waals surface area contributed by atoms with Crippen molar-refractivity contribution in [3.8, 4) is 0 Å². The molecule has 17 heavy (non-hydrogen) atoms. The summed E-state index contributed by atoms with van der Waals surface area (Å²) in [6, 6.07) is 2.04. The van der Waals surface area contributed by atoms with Gasteiger partial charge in [0.05, 0.1) is 22.9 Å². The van der Waals surface area contributed by atoms with Crippen molar-refractivity contribution < 1.29 is 9.15 Å². The molecule has 1 fully saturated rings. The minimum atomic E-state index is 0.128. The van der Waals surface area contributed by atoms with Crippen LogP contribution in [0.1, 0.15) is 25.1 Å². The highest BCUT2D eigenvalue weighted by Gasteiger charge is 2.26. The van der Waals surface area contributed by atoms with Gasteiger partial charge in [-0.3, -0.25) is 4.90 Å². The van der Waals surface area contributed by atoms with Crippen molar-refractivity contribution in [2.75, 3.05) is 26.2 Å². The maximum atomic E-state index is 5.90. The number of nitrogens with two attached hydrogens (primary N) is 1. The number of rotatable bonds is 3. The summed E-state index contributed by atoms with van der Waals surface area (Å²) in [6.45, 7) is 5.38. The molecule has 0 spiro atoms. The van der Waals surface area contributed by atoms with E-state index in [0.29, 0.717) is 6.54 Å². The molecule has 1 aliphatic heterocycles. The molecule has 4 nitrogen and oxygen atoms in total. The summed E-state index contributed by atoms with van der Waals surface area (Å²) >= 11 is 3.50. The average Bonchev–Trinajstić information content (AvgIpc) is 2.60. The lowest BCUT2D eigenvalue weighted by atomic mass is 10.1. The molecule has 0 bridgehead atoms. The molecule has 0 amide bonds. The molecule has 2 N–H and O–H groups in total. The second-order valence-electron chi connectivity index (χ2n) is 4.41. The van der Waals surface area contributed by atoms with Gasteiger partial charge in [-0.25, -0.2) is 0 Å². The Bertz CT molecular complexity index is 356. The summed E-state index contributed by atoms with van der Waals surface area (Å²) in [6.07, 6.45) is 2.99. The normalized spacial score (nSPS) is 24.5. The molecule has 96 valence electrons. The number of nitrogens with zero attached hydrogens (tertiary/aromatic N) is 1. The van der Waals surface area contributed by atoms with E-state index < -0.39 is 0 Å². The highest BCUT2D eigenvalue weighted by Crippen LogP contribution is 2.29. The summed E-state index contributed by atoms with van der Waals surface area (Å²) in [5.41, 5.74) is 5.90. The quantitative estimate of drug-likeness (QED) is 0.929. The van der Waals surface area contributed by atoms with Crippen LogP contribution in [0, 0.1) is 0 Å². The Labute approximate surface area is 110 Å². The van der Waals surface area contributed by atoms with E-state index in [9.17, 15) is 0 Å². The summed E-state index contributed by atoms with van der Waals surface area (Å²) in [5.74, 6) is 0.918. The summed E-state index contributed by atoms with van der Waals surface area (Å²) in [7, 11) is 0. The summed E-state index contributed by atoms with van der Waals surface area (Å²) < 4.78 is 12.2. The Balaban J connectivity index is 2.14. The van der Waals surface area contributed by atoms with E-state index >= 15 is 0 Å². The monoisotopic (exact) mass is 302 g/mol. The fourth-order valence-electron chi connectivity index (χ4n) is 2.27. The van der Waals surface area contributed by atoms with E-state index in [2.05, 4.69) is 27.8 Å². The van der Waals surface area contributed by atoms with Gasteiger partial charge in [-0.1, -0.05) is 0 Å². The van der Waals surface area contributed by atoms with Crippen LogP contribution in [-0.4, -0.2) is 37.2 Å². The molecule has 0 aromatic carbocycles. The van der Waals surface area contributed by atoms with Gasteiger partial charge >= 0.3 is 0 Å². The van der Waals surface area contributed by atoms with E-state index in [1.54, 1.807) is 6.26 Å². The largest absolute Gasteiger partial charge is 0.466 e. The topological polar surface area (TPSA) is 51.6 Å². The molecule has 0 aliphatic carbocycles. The number of halogens is 1. The molecule has 2 atom stereocenters. The van der Waals surface area contributed by atoms with E-state index in [1.165, 1.54) is 0 Å². The Kier molecular flexibility index (Phi) is 4.62. The number of hydrogen-bond donors (Lipinski definition) is 1. The maximum absolute atomic E-state index is 5.90. The van der Waals surface area contributed by atoms with Gasteiger partial charge in [-0.05, 0) is 35.3 Å². The first-order chi connectivity index (χ1) is 8.22. The van der Waals surface area contributed by atoms with Crippen LogP contribution in [0.15, 0.2) is 21.2 Å². The van der Waals surface area contributed by atoms with Crippen LogP contribution in [0.2, 0.25) is 0 Å². The molecule has 0 saturated carbocycles. The van der Waals surface area contributed by atoms with Gasteiger partial charge in [0.15, 0.2) is 0 Å². The zero-order chi connectivity index (χ0) is 12.3. The Morgan fingerprint density at radius 3 is 3.12 bits per heavy atom. The van der Waals surface area contributed by atoms with E-state index in [4.69, 9.17) is 14.9 Å². The van der Waals surface area contributed by atoms with Crippen molar-refractivity contribution in [2.24, 2.45) is 5.73 Å². The van der Waals surface area contributed by atoms with E-state index in [-0.39, 0.29) is 12.1 Å². The fourth-order valence-corrected chi connectivity index (χ4v) is 2.74. The van der Waals surface area contributed by atoms with Crippen molar-refractivity contribution in [3.05, 3.63) is 22.6 Å². The Hall–Kier alpha value is -0.360. The van der Waals surface area contributed by atoms with Crippen LogP contribution in [0.3, 0.4) is 0 Å². The number of ether oxygens (including phenoxy) is 1. The molecule has 2 heterocycles. The molecule has 2 rings (SSSR count). The van der Waals surface area contributed by atoms with E-state index in [1.807, 2.05) is 6.07 Å². The molecule has 1 aromatic rings. The zero-order valence-corrected chi connectivity index (χ0v) is 11.6. The molecule has 2 unspecified atom stereocenters. The third-order valence-corrected chi connectivity index (χ3v) is 3.75. The van der Waals surface area contributed by atoms with Crippen LogP contribution in [0.4, 0.5) is 0 Å². The highest BCUT2D eigenvalue weighted by atomic mass is 79.9. The predicted octanol–water partition coefficient (Wildman–Crippen LogP) is 2.15. The number of hydrogen-bond acceptors (Lipinski definition) is 4. The lowest BCUT2D eigenvalue weighted by Crippen LogP contribution is -2.37. The first kappa shape index (κ1) is 13.1. The van der Waals surface area contributed by atoms with Gasteiger partial charge in [0.1, 0.15) is 5.76 Å². The van der Waals surface area contributed by atoms with Crippen LogP contribution in [0.5, 0.6) is 0 Å². The first-order valence-electron chi connectivity index (χ1n) is 6.01. The van der Waals surface area contributed by atoms with E-state index in [0.717, 1.165) is 36.4 Å². The van der Waals surface area contributed by atoms with Crippen molar-refractivity contribution in [3.63, 3.8) is 0 Å². The van der Waals surface area contributed by atoms with Gasteiger partial charge in [0.2, 0.25) is 0 Å². The molecule has 1 aromatic heterocycles. The minimum absolute atomic E-state index is 0.128. The summed E-state index contributed by atoms with van der Waals surface area (Å²) in [5, 5.41) is 0. The van der Waals surface area contributed by atoms with Gasteiger partial charge in [0, 0.05) is 26.2 Å². The van der Waals surface area contributed by atoms with Gasteiger partial charge < -0.3 is 14.9 Å². The van der Waals surface area contributed by atoms with Gasteiger partial charge in [-0.15, -0.1) is 0 Å². The van der Waals surface area contributed by atoms with Crippen molar-refractivity contribution in [1.82, 2.24) is 4.90 Å². The lowest BCUT2D eigenvalue weighted by molar-refractivity contribution is 0.0590. The third kappa shape index (κ3) is 3.10. The standard InChI is InChI=1S/C12H19BrN2O2/c1-9-8-15(4-2-5-16-9)11(7-14)12-10(13)3-6-17-12/h3,6,9,11H,2,4-5,7-8,14H2,1H3. The molecular weight excluding hydrogens is 284 g/mol. The van der Waals surface area contributed by atoms with Gasteiger partial charge in [-0.2, -0.15) is 0 Å². The first-order valence-corrected chi connectivity index (χ1v) is 6.80. The SMILES string of the molecule is CC1CN(C(CN)c2occc2Br)CCCO1. The zero-order valence-electron chi connectivity index (χ0n) is 10.1. The fraction of sp³-hybridized carbons (Fsp3) is 0.667. The minimum Gasteiger partial charge on any atom is -0.466 e. The smallest absolute Gasteiger partial charge is 0.136 e. The van der Waals surface area contributed by atoms with Crippen LogP contribution < -0.4 is 5.73 Å². The average molecular weight is 303 g/mol. The Morgan fingerprint density at radius 1 is 1.65 bits per heavy atom. The van der Waals surface area contributed by atoms with Crippen molar-refractivity contribution in [2.45, 2.75) is 25.5 Å². The highest BCUT2D eigenvalue weighted by molar-refractivity contribution is 9.10. The Morgan fingerprint density at radius 2 is 2.47 bits per heavy atom. The van der Waals surface area contributed by atoms with Crippen LogP contribution >= 0.6 is 15.9 Å². The molecule has 1 aliphatic rings. The van der Waals surface area contributed by atoms with Gasteiger partial charge in [0.25, 0.3) is 0 Å². The molecule has 1 saturated heterocycles. The molecular formula is C12H19BrN2O2. The number of furan rings is 1. The molecule has 0 radical (unpaired) electrons. The summed E-state index contributed by atoms with van der Waals surface area (Å²) in [4.78, 5) is 2.35. The maximum Gasteiger partial charge on any atom is 0.136 e. The third-order valence-electron chi connectivity index (χ3n) is 3.10. The van der Waals surface area contributed by atoms with Crippen LogP contribution in [0.25, 0.3) is 0 Å². The lowest BCUT2D eigenvalue weighted by Gasteiger charge is -2.29. The second-order valence-corrected chi connectivity index (χ2v) is 5.27. The molecule has 5 heteroatoms. The van der Waals surface area contributed by atoms with Crippen molar-refractivity contribution in [1.29, 1.82) is 0 Å². The van der Waals surface area contributed by atoms with Crippen molar-refractivity contribution >= 4 is 15.9 Å². The predicted molar refractivity (Wildman–Crippen MR) is 69.8 cm³/mol. The second kappa shape index (κ2) is 6.00.